The van der Waals surface area contributed by atoms with Gasteiger partial charge in [0.05, 0.1) is 0 Å². The Morgan fingerprint density at radius 2 is 1.94 bits per heavy atom. The van der Waals surface area contributed by atoms with Crippen LogP contribution in [-0.4, -0.2) is 51.3 Å². The smallest absolute Gasteiger partial charge is 0.0469 e. The molecule has 0 bridgehead atoms. The highest BCUT2D eigenvalue weighted by Gasteiger charge is 2.22. The van der Waals surface area contributed by atoms with E-state index in [1.807, 2.05) is 0 Å². The molecule has 0 unspecified atom stereocenters. The van der Waals surface area contributed by atoms with E-state index in [0.29, 0.717) is 5.41 Å². The maximum atomic E-state index is 5.42. The van der Waals surface area contributed by atoms with Crippen LogP contribution in [0.2, 0.25) is 0 Å². The SMILES string of the molecule is CCCNCC(C)(C)CN(C)CC1CCOCC1. The number of nitrogens with zero attached hydrogens (tertiary/aromatic N) is 1. The topological polar surface area (TPSA) is 24.5 Å². The first-order valence-electron chi connectivity index (χ1n) is 7.50. The van der Waals surface area contributed by atoms with Crippen LogP contribution < -0.4 is 5.32 Å². The van der Waals surface area contributed by atoms with E-state index in [9.17, 15) is 0 Å². The highest BCUT2D eigenvalue weighted by Crippen LogP contribution is 2.19. The van der Waals surface area contributed by atoms with Crippen LogP contribution in [0, 0.1) is 11.3 Å². The van der Waals surface area contributed by atoms with Crippen molar-refractivity contribution < 1.29 is 4.74 Å². The van der Waals surface area contributed by atoms with E-state index in [0.717, 1.165) is 32.2 Å². The molecule has 3 nitrogen and oxygen atoms in total. The molecule has 0 atom stereocenters. The third kappa shape index (κ3) is 6.72. The Kier molecular flexibility index (Phi) is 7.20. The third-order valence-electron chi connectivity index (χ3n) is 3.64. The summed E-state index contributed by atoms with van der Waals surface area (Å²) in [4.78, 5) is 2.50. The zero-order valence-corrected chi connectivity index (χ0v) is 12.8. The summed E-state index contributed by atoms with van der Waals surface area (Å²) in [5, 5.41) is 3.54. The Balaban J connectivity index is 2.21. The van der Waals surface area contributed by atoms with Gasteiger partial charge in [0.15, 0.2) is 0 Å². The van der Waals surface area contributed by atoms with Gasteiger partial charge < -0.3 is 15.0 Å². The van der Waals surface area contributed by atoms with Gasteiger partial charge >= 0.3 is 0 Å². The van der Waals surface area contributed by atoms with Crippen LogP contribution in [0.1, 0.15) is 40.0 Å². The average molecular weight is 256 g/mol. The molecule has 0 spiro atoms. The van der Waals surface area contributed by atoms with E-state index in [1.165, 1.54) is 32.4 Å². The van der Waals surface area contributed by atoms with Crippen LogP contribution in [0.5, 0.6) is 0 Å². The predicted octanol–water partition coefficient (Wildman–Crippen LogP) is 2.37. The Morgan fingerprint density at radius 3 is 2.56 bits per heavy atom. The van der Waals surface area contributed by atoms with Gasteiger partial charge in [-0.3, -0.25) is 0 Å². The minimum absolute atomic E-state index is 0.356. The Morgan fingerprint density at radius 1 is 1.28 bits per heavy atom. The van der Waals surface area contributed by atoms with Gasteiger partial charge in [-0.15, -0.1) is 0 Å². The summed E-state index contributed by atoms with van der Waals surface area (Å²) < 4.78 is 5.42. The first kappa shape index (κ1) is 15.9. The lowest BCUT2D eigenvalue weighted by Crippen LogP contribution is -2.41. The van der Waals surface area contributed by atoms with Crippen LogP contribution in [0.25, 0.3) is 0 Å². The Hall–Kier alpha value is -0.120. The van der Waals surface area contributed by atoms with Crippen LogP contribution in [0.4, 0.5) is 0 Å². The molecule has 0 radical (unpaired) electrons. The van der Waals surface area contributed by atoms with Gasteiger partial charge in [-0.05, 0) is 44.2 Å². The molecule has 1 aliphatic heterocycles. The molecule has 0 aromatic rings. The monoisotopic (exact) mass is 256 g/mol. The quantitative estimate of drug-likeness (QED) is 0.675. The molecule has 1 rings (SSSR count). The largest absolute Gasteiger partial charge is 0.381 e. The summed E-state index contributed by atoms with van der Waals surface area (Å²) in [5.74, 6) is 0.836. The van der Waals surface area contributed by atoms with E-state index in [4.69, 9.17) is 4.74 Å². The summed E-state index contributed by atoms with van der Waals surface area (Å²) in [7, 11) is 2.26. The second kappa shape index (κ2) is 8.13. The summed E-state index contributed by atoms with van der Waals surface area (Å²) in [5.41, 5.74) is 0.356. The van der Waals surface area contributed by atoms with Gasteiger partial charge in [0.2, 0.25) is 0 Å². The summed E-state index contributed by atoms with van der Waals surface area (Å²) in [6.45, 7) is 13.5. The summed E-state index contributed by atoms with van der Waals surface area (Å²) >= 11 is 0. The van der Waals surface area contributed by atoms with Crippen molar-refractivity contribution in [2.75, 3.05) is 46.4 Å². The van der Waals surface area contributed by atoms with Gasteiger partial charge in [-0.2, -0.15) is 0 Å². The van der Waals surface area contributed by atoms with Crippen molar-refractivity contribution in [1.82, 2.24) is 10.2 Å². The summed E-state index contributed by atoms with van der Waals surface area (Å²) in [6.07, 6.45) is 3.69. The minimum Gasteiger partial charge on any atom is -0.381 e. The lowest BCUT2D eigenvalue weighted by Gasteiger charge is -2.33. The van der Waals surface area contributed by atoms with Crippen LogP contribution in [-0.2, 0) is 4.74 Å². The van der Waals surface area contributed by atoms with E-state index < -0.39 is 0 Å². The Bertz CT molecular complexity index is 213. The van der Waals surface area contributed by atoms with Crippen molar-refractivity contribution in [2.45, 2.75) is 40.0 Å². The number of hydrogen-bond acceptors (Lipinski definition) is 3. The standard InChI is InChI=1S/C15H32N2O/c1-5-8-16-12-15(2,3)13-17(4)11-14-6-9-18-10-7-14/h14,16H,5-13H2,1-4H3. The fraction of sp³-hybridized carbons (Fsp3) is 1.00. The van der Waals surface area contributed by atoms with Crippen molar-refractivity contribution in [1.29, 1.82) is 0 Å². The minimum atomic E-state index is 0.356. The second-order valence-corrected chi connectivity index (χ2v) is 6.59. The van der Waals surface area contributed by atoms with E-state index in [-0.39, 0.29) is 0 Å². The first-order valence-corrected chi connectivity index (χ1v) is 7.50. The molecule has 1 heterocycles. The number of hydrogen-bond donors (Lipinski definition) is 1. The average Bonchev–Trinajstić information content (AvgIpc) is 2.29. The molecular weight excluding hydrogens is 224 g/mol. The number of nitrogens with one attached hydrogen (secondary N) is 1. The predicted molar refractivity (Wildman–Crippen MR) is 78.0 cm³/mol. The van der Waals surface area contributed by atoms with Crippen LogP contribution in [0.15, 0.2) is 0 Å². The lowest BCUT2D eigenvalue weighted by molar-refractivity contribution is 0.0513. The molecule has 3 heteroatoms. The van der Waals surface area contributed by atoms with Crippen molar-refractivity contribution in [2.24, 2.45) is 11.3 Å². The van der Waals surface area contributed by atoms with Crippen LogP contribution >= 0.6 is 0 Å². The zero-order valence-electron chi connectivity index (χ0n) is 12.8. The van der Waals surface area contributed by atoms with Gasteiger partial charge in [-0.25, -0.2) is 0 Å². The second-order valence-electron chi connectivity index (χ2n) is 6.59. The van der Waals surface area contributed by atoms with Crippen molar-refractivity contribution in [3.63, 3.8) is 0 Å². The lowest BCUT2D eigenvalue weighted by atomic mass is 9.91. The third-order valence-corrected chi connectivity index (χ3v) is 3.64. The Labute approximate surface area is 113 Å². The normalized spacial score (nSPS) is 18.5. The fourth-order valence-electron chi connectivity index (χ4n) is 2.82. The van der Waals surface area contributed by atoms with Crippen molar-refractivity contribution in [3.05, 3.63) is 0 Å². The van der Waals surface area contributed by atoms with Gasteiger partial charge in [-0.1, -0.05) is 20.8 Å². The van der Waals surface area contributed by atoms with E-state index in [2.05, 4.69) is 38.0 Å². The molecule has 108 valence electrons. The molecule has 0 aromatic heterocycles. The molecule has 0 amide bonds. The molecular formula is C15H32N2O. The van der Waals surface area contributed by atoms with Crippen molar-refractivity contribution in [3.8, 4) is 0 Å². The molecule has 1 N–H and O–H groups in total. The highest BCUT2D eigenvalue weighted by molar-refractivity contribution is 4.77. The molecule has 1 aliphatic rings. The maximum Gasteiger partial charge on any atom is 0.0469 e. The first-order chi connectivity index (χ1) is 8.53. The van der Waals surface area contributed by atoms with Crippen molar-refractivity contribution >= 4 is 0 Å². The zero-order chi connectivity index (χ0) is 13.4. The van der Waals surface area contributed by atoms with Gasteiger partial charge in [0, 0.05) is 32.8 Å². The van der Waals surface area contributed by atoms with Gasteiger partial charge in [0.1, 0.15) is 0 Å². The molecule has 1 fully saturated rings. The van der Waals surface area contributed by atoms with E-state index in [1.54, 1.807) is 0 Å². The maximum absolute atomic E-state index is 5.42. The fourth-order valence-corrected chi connectivity index (χ4v) is 2.82. The molecule has 1 saturated heterocycles. The molecule has 0 aromatic carbocycles. The molecule has 0 saturated carbocycles. The highest BCUT2D eigenvalue weighted by atomic mass is 16.5. The van der Waals surface area contributed by atoms with E-state index >= 15 is 0 Å². The summed E-state index contributed by atoms with van der Waals surface area (Å²) in [6, 6.07) is 0. The molecule has 18 heavy (non-hydrogen) atoms. The number of rotatable bonds is 8. The van der Waals surface area contributed by atoms with Crippen LogP contribution in [0.3, 0.4) is 0 Å². The molecule has 0 aliphatic carbocycles. The van der Waals surface area contributed by atoms with Gasteiger partial charge in [0.25, 0.3) is 0 Å². The number of ether oxygens (including phenoxy) is 1.